The fourth-order valence-corrected chi connectivity index (χ4v) is 1.69. The molecule has 0 heterocycles. The van der Waals surface area contributed by atoms with Crippen molar-refractivity contribution in [3.05, 3.63) is 0 Å². The zero-order valence-corrected chi connectivity index (χ0v) is 13.0. The highest BCUT2D eigenvalue weighted by Crippen LogP contribution is 2.05. The molecule has 0 aliphatic heterocycles. The Morgan fingerprint density at radius 2 is 1.71 bits per heavy atom. The molecule has 0 aromatic rings. The first-order valence-corrected chi connectivity index (χ1v) is 7.22. The first kappa shape index (κ1) is 19.7. The summed E-state index contributed by atoms with van der Waals surface area (Å²) in [6.45, 7) is 2.95. The maximum atomic E-state index is 11.9. The van der Waals surface area contributed by atoms with Crippen LogP contribution in [0.5, 0.6) is 0 Å². The van der Waals surface area contributed by atoms with E-state index in [1.54, 1.807) is 0 Å². The van der Waals surface area contributed by atoms with Crippen LogP contribution in [-0.2, 0) is 14.4 Å². The molecule has 21 heavy (non-hydrogen) atoms. The number of nitrogens with two attached hydrogens (primary N) is 1. The first-order valence-electron chi connectivity index (χ1n) is 6.59. The SMILES string of the molecule is CCC(C)C(N)C(=O)NC(CS)C(=O)NC(CO)C(=O)O. The van der Waals surface area contributed by atoms with E-state index in [1.165, 1.54) is 0 Å². The van der Waals surface area contributed by atoms with Crippen molar-refractivity contribution in [1.29, 1.82) is 0 Å². The van der Waals surface area contributed by atoms with Gasteiger partial charge in [-0.25, -0.2) is 4.79 Å². The average Bonchev–Trinajstić information content (AvgIpc) is 2.47. The monoisotopic (exact) mass is 321 g/mol. The van der Waals surface area contributed by atoms with Gasteiger partial charge >= 0.3 is 5.97 Å². The van der Waals surface area contributed by atoms with Crippen LogP contribution in [-0.4, -0.2) is 58.5 Å². The lowest BCUT2D eigenvalue weighted by molar-refractivity contribution is -0.143. The van der Waals surface area contributed by atoms with Crippen LogP contribution in [0, 0.1) is 5.92 Å². The van der Waals surface area contributed by atoms with E-state index in [2.05, 4.69) is 23.3 Å². The molecule has 0 aliphatic carbocycles. The molecule has 2 amide bonds. The molecule has 0 aliphatic rings. The van der Waals surface area contributed by atoms with Crippen LogP contribution in [0.25, 0.3) is 0 Å². The van der Waals surface area contributed by atoms with Crippen LogP contribution >= 0.6 is 12.6 Å². The highest BCUT2D eigenvalue weighted by atomic mass is 32.1. The second-order valence-corrected chi connectivity index (χ2v) is 5.10. The van der Waals surface area contributed by atoms with Gasteiger partial charge in [0.05, 0.1) is 12.6 Å². The number of amides is 2. The molecular weight excluding hydrogens is 298 g/mol. The van der Waals surface area contributed by atoms with E-state index in [1.807, 2.05) is 13.8 Å². The number of carbonyl (C=O) groups excluding carboxylic acids is 2. The van der Waals surface area contributed by atoms with E-state index in [4.69, 9.17) is 15.9 Å². The summed E-state index contributed by atoms with van der Waals surface area (Å²) in [6.07, 6.45) is 0.706. The molecule has 0 bridgehead atoms. The van der Waals surface area contributed by atoms with E-state index in [-0.39, 0.29) is 11.7 Å². The third kappa shape index (κ3) is 6.32. The number of hydrogen-bond donors (Lipinski definition) is 6. The van der Waals surface area contributed by atoms with Crippen LogP contribution < -0.4 is 16.4 Å². The third-order valence-electron chi connectivity index (χ3n) is 3.17. The second-order valence-electron chi connectivity index (χ2n) is 4.74. The molecule has 0 radical (unpaired) electrons. The van der Waals surface area contributed by atoms with Crippen molar-refractivity contribution in [3.63, 3.8) is 0 Å². The predicted molar refractivity (Wildman–Crippen MR) is 79.9 cm³/mol. The van der Waals surface area contributed by atoms with Crippen molar-refractivity contribution in [3.8, 4) is 0 Å². The molecule has 0 saturated heterocycles. The Hall–Kier alpha value is -1.32. The maximum absolute atomic E-state index is 11.9. The summed E-state index contributed by atoms with van der Waals surface area (Å²) in [6, 6.07) is -3.22. The fraction of sp³-hybridized carbons (Fsp3) is 0.750. The molecule has 0 spiro atoms. The van der Waals surface area contributed by atoms with Crippen molar-refractivity contribution >= 4 is 30.4 Å². The number of aliphatic hydroxyl groups is 1. The van der Waals surface area contributed by atoms with E-state index in [9.17, 15) is 14.4 Å². The van der Waals surface area contributed by atoms with Gasteiger partial charge in [0.15, 0.2) is 0 Å². The smallest absolute Gasteiger partial charge is 0.328 e. The van der Waals surface area contributed by atoms with Gasteiger partial charge in [-0.1, -0.05) is 20.3 Å². The van der Waals surface area contributed by atoms with Gasteiger partial charge in [0.2, 0.25) is 11.8 Å². The summed E-state index contributed by atoms with van der Waals surface area (Å²) < 4.78 is 0. The van der Waals surface area contributed by atoms with Gasteiger partial charge in [-0.15, -0.1) is 0 Å². The summed E-state index contributed by atoms with van der Waals surface area (Å²) in [7, 11) is 0. The Balaban J connectivity index is 4.67. The Kier molecular flexibility index (Phi) is 8.98. The molecular formula is C12H23N3O5S. The molecule has 0 aromatic carbocycles. The molecule has 0 fully saturated rings. The zero-order chi connectivity index (χ0) is 16.6. The number of thiol groups is 1. The van der Waals surface area contributed by atoms with Gasteiger partial charge in [-0.3, -0.25) is 9.59 Å². The average molecular weight is 321 g/mol. The van der Waals surface area contributed by atoms with Gasteiger partial charge < -0.3 is 26.6 Å². The van der Waals surface area contributed by atoms with Crippen LogP contribution in [0.2, 0.25) is 0 Å². The standard InChI is InChI=1S/C12H23N3O5S/c1-3-6(2)9(13)11(18)15-8(5-21)10(17)14-7(4-16)12(19)20/h6-9,16,21H,3-5,13H2,1-2H3,(H,14,17)(H,15,18)(H,19,20). The minimum atomic E-state index is -1.43. The normalized spacial score (nSPS) is 16.4. The lowest BCUT2D eigenvalue weighted by Crippen LogP contribution is -2.56. The number of carbonyl (C=O) groups is 3. The molecule has 122 valence electrons. The zero-order valence-electron chi connectivity index (χ0n) is 12.1. The van der Waals surface area contributed by atoms with Crippen LogP contribution in [0.15, 0.2) is 0 Å². The Morgan fingerprint density at radius 1 is 1.19 bits per heavy atom. The maximum Gasteiger partial charge on any atom is 0.328 e. The third-order valence-corrected chi connectivity index (χ3v) is 3.54. The number of nitrogens with one attached hydrogen (secondary N) is 2. The van der Waals surface area contributed by atoms with Gasteiger partial charge in [0.25, 0.3) is 0 Å². The predicted octanol–water partition coefficient (Wildman–Crippen LogP) is -1.66. The highest BCUT2D eigenvalue weighted by molar-refractivity contribution is 7.80. The van der Waals surface area contributed by atoms with Gasteiger partial charge in [-0.05, 0) is 5.92 Å². The molecule has 0 rings (SSSR count). The molecule has 4 atom stereocenters. The lowest BCUT2D eigenvalue weighted by Gasteiger charge is -2.23. The number of carboxylic acid groups (broad SMARTS) is 1. The summed E-state index contributed by atoms with van der Waals surface area (Å²) in [5.74, 6) is -2.70. The minimum Gasteiger partial charge on any atom is -0.480 e. The van der Waals surface area contributed by atoms with Crippen molar-refractivity contribution in [2.75, 3.05) is 12.4 Å². The van der Waals surface area contributed by atoms with Crippen molar-refractivity contribution in [2.45, 2.75) is 38.4 Å². The topological polar surface area (TPSA) is 142 Å². The summed E-state index contributed by atoms with van der Waals surface area (Å²) in [4.78, 5) is 34.5. The molecule has 6 N–H and O–H groups in total. The van der Waals surface area contributed by atoms with Crippen LogP contribution in [0.1, 0.15) is 20.3 Å². The number of rotatable bonds is 9. The largest absolute Gasteiger partial charge is 0.480 e. The van der Waals surface area contributed by atoms with E-state index in [0.717, 1.165) is 0 Å². The number of aliphatic carboxylic acids is 1. The van der Waals surface area contributed by atoms with Crippen LogP contribution in [0.4, 0.5) is 0 Å². The highest BCUT2D eigenvalue weighted by Gasteiger charge is 2.27. The quantitative estimate of drug-likeness (QED) is 0.281. The number of hydrogen-bond acceptors (Lipinski definition) is 6. The fourth-order valence-electron chi connectivity index (χ4n) is 1.43. The number of carboxylic acids is 1. The van der Waals surface area contributed by atoms with Crippen molar-refractivity contribution < 1.29 is 24.6 Å². The first-order chi connectivity index (χ1) is 9.78. The molecule has 8 nitrogen and oxygen atoms in total. The Morgan fingerprint density at radius 3 is 2.10 bits per heavy atom. The molecule has 4 unspecified atom stereocenters. The Labute approximate surface area is 128 Å². The summed E-state index contributed by atoms with van der Waals surface area (Å²) in [5.41, 5.74) is 5.75. The van der Waals surface area contributed by atoms with Gasteiger partial charge in [0.1, 0.15) is 12.1 Å². The van der Waals surface area contributed by atoms with E-state index < -0.39 is 42.5 Å². The molecule has 0 saturated carbocycles. The van der Waals surface area contributed by atoms with Crippen molar-refractivity contribution in [2.24, 2.45) is 11.7 Å². The van der Waals surface area contributed by atoms with Gasteiger partial charge in [-0.2, -0.15) is 12.6 Å². The lowest BCUT2D eigenvalue weighted by atomic mass is 9.99. The Bertz CT molecular complexity index is 380. The minimum absolute atomic E-state index is 0.0252. The van der Waals surface area contributed by atoms with E-state index in [0.29, 0.717) is 6.42 Å². The number of aliphatic hydroxyl groups excluding tert-OH is 1. The summed E-state index contributed by atoms with van der Waals surface area (Å²) >= 11 is 3.95. The van der Waals surface area contributed by atoms with Crippen LogP contribution in [0.3, 0.4) is 0 Å². The second kappa shape index (κ2) is 9.59. The van der Waals surface area contributed by atoms with Crippen molar-refractivity contribution in [1.82, 2.24) is 10.6 Å². The van der Waals surface area contributed by atoms with Gasteiger partial charge in [0, 0.05) is 5.75 Å². The summed E-state index contributed by atoms with van der Waals surface area (Å²) in [5, 5.41) is 22.1. The van der Waals surface area contributed by atoms with E-state index >= 15 is 0 Å². The molecule has 0 aromatic heterocycles. The molecule has 9 heteroatoms.